The first-order chi connectivity index (χ1) is 11.3. The van der Waals surface area contributed by atoms with Crippen LogP contribution >= 0.6 is 0 Å². The largest absolute Gasteiger partial charge is 0.464 e. The number of ether oxygens (including phenoxy) is 1. The summed E-state index contributed by atoms with van der Waals surface area (Å²) >= 11 is 0. The molecule has 0 aliphatic rings. The maximum atomic E-state index is 13.6. The summed E-state index contributed by atoms with van der Waals surface area (Å²) in [5.41, 5.74) is 2.61. The summed E-state index contributed by atoms with van der Waals surface area (Å²) in [5, 5.41) is 1.62. The summed E-state index contributed by atoms with van der Waals surface area (Å²) in [6.45, 7) is 4.68. The molecule has 2 rings (SSSR count). The van der Waals surface area contributed by atoms with Crippen molar-refractivity contribution in [3.63, 3.8) is 0 Å². The summed E-state index contributed by atoms with van der Waals surface area (Å²) in [6.07, 6.45) is -3.96. The molecular formula is C18H18F3NO2. The molecule has 0 unspecified atom stereocenters. The number of halogens is 3. The van der Waals surface area contributed by atoms with Crippen LogP contribution in [0, 0.1) is 0 Å². The highest BCUT2D eigenvalue weighted by atomic mass is 19.4. The number of carbonyl (C=O) groups excluding carboxylic acids is 1. The first-order valence-corrected chi connectivity index (χ1v) is 7.39. The third kappa shape index (κ3) is 3.01. The number of nitrogens with two attached hydrogens (primary N) is 1. The lowest BCUT2D eigenvalue weighted by atomic mass is 9.78. The van der Waals surface area contributed by atoms with E-state index in [1.54, 1.807) is 24.3 Å². The number of esters is 1. The molecule has 0 aliphatic heterocycles. The van der Waals surface area contributed by atoms with Gasteiger partial charge in [-0.05, 0) is 23.3 Å². The minimum absolute atomic E-state index is 0.199. The minimum atomic E-state index is -5.00. The quantitative estimate of drug-likeness (QED) is 0.664. The molecule has 0 radical (unpaired) electrons. The summed E-state index contributed by atoms with van der Waals surface area (Å²) in [6, 6.07) is 12.0. The van der Waals surface area contributed by atoms with Crippen LogP contribution < -0.4 is 5.73 Å². The first kappa shape index (κ1) is 18.0. The number of carbonyl (C=O) groups is 1. The topological polar surface area (TPSA) is 52.3 Å². The highest BCUT2D eigenvalue weighted by molar-refractivity contribution is 5.86. The lowest BCUT2D eigenvalue weighted by molar-refractivity contribution is -0.208. The van der Waals surface area contributed by atoms with E-state index in [2.05, 4.69) is 11.3 Å². The highest BCUT2D eigenvalue weighted by Crippen LogP contribution is 2.41. The highest BCUT2D eigenvalue weighted by Gasteiger charge is 2.63. The number of alkyl halides is 3. The van der Waals surface area contributed by atoms with Gasteiger partial charge in [0.05, 0.1) is 6.61 Å². The van der Waals surface area contributed by atoms with Crippen molar-refractivity contribution in [2.75, 3.05) is 6.61 Å². The van der Waals surface area contributed by atoms with Gasteiger partial charge in [0.2, 0.25) is 5.54 Å². The van der Waals surface area contributed by atoms with Crippen molar-refractivity contribution in [3.05, 3.63) is 60.7 Å². The minimum Gasteiger partial charge on any atom is -0.464 e. The fourth-order valence-electron chi connectivity index (χ4n) is 2.66. The van der Waals surface area contributed by atoms with E-state index in [9.17, 15) is 18.0 Å². The van der Waals surface area contributed by atoms with Gasteiger partial charge in [-0.25, -0.2) is 4.79 Å². The van der Waals surface area contributed by atoms with Gasteiger partial charge in [0.15, 0.2) is 0 Å². The Hall–Kier alpha value is -2.34. The van der Waals surface area contributed by atoms with E-state index in [-0.39, 0.29) is 12.2 Å². The average Bonchev–Trinajstić information content (AvgIpc) is 2.54. The van der Waals surface area contributed by atoms with Crippen molar-refractivity contribution in [2.45, 2.75) is 24.6 Å². The Morgan fingerprint density at radius 1 is 1.25 bits per heavy atom. The summed E-state index contributed by atoms with van der Waals surface area (Å²) in [7, 11) is 0. The number of hydrogen-bond acceptors (Lipinski definition) is 3. The molecule has 2 N–H and O–H groups in total. The van der Waals surface area contributed by atoms with Crippen LogP contribution in [0.15, 0.2) is 55.1 Å². The monoisotopic (exact) mass is 337 g/mol. The smallest absolute Gasteiger partial charge is 0.418 e. The number of rotatable bonds is 5. The molecule has 2 atom stereocenters. The van der Waals surface area contributed by atoms with Crippen LogP contribution in [-0.4, -0.2) is 24.3 Å². The molecule has 0 saturated heterocycles. The fraction of sp³-hybridized carbons (Fsp3) is 0.278. The van der Waals surface area contributed by atoms with Gasteiger partial charge in [0.1, 0.15) is 0 Å². The van der Waals surface area contributed by atoms with Crippen molar-refractivity contribution < 1.29 is 22.7 Å². The normalized spacial score (nSPS) is 15.5. The van der Waals surface area contributed by atoms with E-state index >= 15 is 0 Å². The van der Waals surface area contributed by atoms with E-state index < -0.39 is 23.6 Å². The van der Waals surface area contributed by atoms with Gasteiger partial charge in [0, 0.05) is 5.92 Å². The predicted octanol–water partition coefficient (Wildman–Crippen LogP) is 3.93. The summed E-state index contributed by atoms with van der Waals surface area (Å²) in [5.74, 6) is -2.99. The Morgan fingerprint density at radius 2 is 1.88 bits per heavy atom. The van der Waals surface area contributed by atoms with Crippen LogP contribution in [0.5, 0.6) is 0 Å². The fourth-order valence-corrected chi connectivity index (χ4v) is 2.66. The first-order valence-electron chi connectivity index (χ1n) is 7.39. The van der Waals surface area contributed by atoms with Crippen LogP contribution in [0.25, 0.3) is 10.8 Å². The van der Waals surface area contributed by atoms with Gasteiger partial charge in [0.25, 0.3) is 0 Å². The van der Waals surface area contributed by atoms with Crippen LogP contribution in [0.1, 0.15) is 18.4 Å². The Kier molecular flexibility index (Phi) is 4.99. The van der Waals surface area contributed by atoms with Gasteiger partial charge >= 0.3 is 12.1 Å². The summed E-state index contributed by atoms with van der Waals surface area (Å²) in [4.78, 5) is 12.0. The second kappa shape index (κ2) is 6.65. The molecule has 3 nitrogen and oxygen atoms in total. The predicted molar refractivity (Wildman–Crippen MR) is 86.5 cm³/mol. The molecular weight excluding hydrogens is 319 g/mol. The SMILES string of the molecule is C=C[C@@H](c1ccc2ccccc2c1)[C@](N)(C(=O)OCC)C(F)(F)F. The molecule has 0 heterocycles. The molecule has 0 aromatic heterocycles. The number of fused-ring (bicyclic) bond motifs is 1. The van der Waals surface area contributed by atoms with E-state index in [1.165, 1.54) is 13.0 Å². The van der Waals surface area contributed by atoms with Gasteiger partial charge in [-0.2, -0.15) is 13.2 Å². The Morgan fingerprint density at radius 3 is 2.42 bits per heavy atom. The van der Waals surface area contributed by atoms with Crippen LogP contribution in [0.2, 0.25) is 0 Å². The molecule has 0 saturated carbocycles. The zero-order valence-electron chi connectivity index (χ0n) is 13.1. The van der Waals surface area contributed by atoms with Crippen molar-refractivity contribution in [1.82, 2.24) is 0 Å². The maximum absolute atomic E-state index is 13.6. The Balaban J connectivity index is 2.59. The molecule has 0 spiro atoms. The molecule has 2 aromatic carbocycles. The number of hydrogen-bond donors (Lipinski definition) is 1. The maximum Gasteiger partial charge on any atom is 0.418 e. The number of benzene rings is 2. The average molecular weight is 337 g/mol. The molecule has 0 amide bonds. The van der Waals surface area contributed by atoms with Crippen LogP contribution in [-0.2, 0) is 9.53 Å². The molecule has 24 heavy (non-hydrogen) atoms. The van der Waals surface area contributed by atoms with Gasteiger partial charge in [-0.1, -0.05) is 48.5 Å². The molecule has 0 fully saturated rings. The van der Waals surface area contributed by atoms with E-state index in [4.69, 9.17) is 5.73 Å². The van der Waals surface area contributed by atoms with Crippen molar-refractivity contribution in [2.24, 2.45) is 5.73 Å². The van der Waals surface area contributed by atoms with Gasteiger partial charge < -0.3 is 10.5 Å². The molecule has 128 valence electrons. The van der Waals surface area contributed by atoms with E-state index in [0.717, 1.165) is 16.8 Å². The standard InChI is InChI=1S/C18H18F3NO2/c1-3-15(17(22,18(19,20)21)16(23)24-4-2)14-10-9-12-7-5-6-8-13(12)11-14/h3,5-11,15H,1,4,22H2,2H3/t15-,17-/m0/s1. The third-order valence-electron chi connectivity index (χ3n) is 3.94. The third-order valence-corrected chi connectivity index (χ3v) is 3.94. The lowest BCUT2D eigenvalue weighted by Gasteiger charge is -2.35. The summed E-state index contributed by atoms with van der Waals surface area (Å²) < 4.78 is 45.5. The zero-order valence-corrected chi connectivity index (χ0v) is 13.1. The van der Waals surface area contributed by atoms with Crippen molar-refractivity contribution >= 4 is 16.7 Å². The molecule has 0 aliphatic carbocycles. The van der Waals surface area contributed by atoms with Crippen molar-refractivity contribution in [1.29, 1.82) is 0 Å². The van der Waals surface area contributed by atoms with Crippen LogP contribution in [0.3, 0.4) is 0 Å². The molecule has 6 heteroatoms. The molecule has 2 aromatic rings. The van der Waals surface area contributed by atoms with Gasteiger partial charge in [-0.3, -0.25) is 0 Å². The van der Waals surface area contributed by atoms with E-state index in [0.29, 0.717) is 0 Å². The second-order valence-electron chi connectivity index (χ2n) is 5.41. The Labute approximate surface area is 137 Å². The zero-order chi connectivity index (χ0) is 18.0. The lowest BCUT2D eigenvalue weighted by Crippen LogP contribution is -2.63. The van der Waals surface area contributed by atoms with Gasteiger partial charge in [-0.15, -0.1) is 6.58 Å². The molecule has 0 bridgehead atoms. The van der Waals surface area contributed by atoms with Crippen molar-refractivity contribution in [3.8, 4) is 0 Å². The Bertz CT molecular complexity index is 757. The van der Waals surface area contributed by atoms with Crippen LogP contribution in [0.4, 0.5) is 13.2 Å². The second-order valence-corrected chi connectivity index (χ2v) is 5.41. The van der Waals surface area contributed by atoms with E-state index in [1.807, 2.05) is 12.1 Å².